The van der Waals surface area contributed by atoms with E-state index in [4.69, 9.17) is 14.2 Å². The quantitative estimate of drug-likeness (QED) is 0.268. The molecule has 0 unspecified atom stereocenters. The molecule has 1 heterocycles. The van der Waals surface area contributed by atoms with Gasteiger partial charge in [-0.25, -0.2) is 0 Å². The average molecular weight is 463 g/mol. The molecule has 0 radical (unpaired) electrons. The van der Waals surface area contributed by atoms with Crippen molar-refractivity contribution in [2.24, 2.45) is 4.99 Å². The number of aliphatic imine (C=N–C) groups is 1. The fourth-order valence-corrected chi connectivity index (χ4v) is 2.67. The van der Waals surface area contributed by atoms with Crippen molar-refractivity contribution in [1.29, 1.82) is 0 Å². The first-order valence-corrected chi connectivity index (χ1v) is 8.47. The van der Waals surface area contributed by atoms with Gasteiger partial charge in [-0.1, -0.05) is 30.3 Å². The standard InChI is InChI=1S/C18H29N3O3.HI/c1-19-17(21-15-18(22-2)8-11-23-12-9-18)20-10-13-24-14-16-6-4-3-5-7-16;/h3-7H,8-15H2,1-2H3,(H2,19,20,21);1H. The second-order valence-electron chi connectivity index (χ2n) is 5.89. The molecule has 0 aromatic heterocycles. The normalized spacial score (nSPS) is 16.8. The molecule has 2 rings (SSSR count). The summed E-state index contributed by atoms with van der Waals surface area (Å²) in [6.07, 6.45) is 1.79. The van der Waals surface area contributed by atoms with Gasteiger partial charge in [-0.05, 0) is 5.56 Å². The van der Waals surface area contributed by atoms with E-state index >= 15 is 0 Å². The van der Waals surface area contributed by atoms with Gasteiger partial charge < -0.3 is 24.8 Å². The number of nitrogens with one attached hydrogen (secondary N) is 2. The Kier molecular flexibility index (Phi) is 11.0. The third-order valence-corrected chi connectivity index (χ3v) is 4.29. The fourth-order valence-electron chi connectivity index (χ4n) is 2.67. The van der Waals surface area contributed by atoms with Crippen LogP contribution < -0.4 is 10.6 Å². The van der Waals surface area contributed by atoms with Crippen molar-refractivity contribution >= 4 is 29.9 Å². The highest BCUT2D eigenvalue weighted by Gasteiger charge is 2.32. The summed E-state index contributed by atoms with van der Waals surface area (Å²) in [6.45, 7) is 4.16. The molecule has 7 heteroatoms. The molecule has 1 aromatic carbocycles. The van der Waals surface area contributed by atoms with Gasteiger partial charge >= 0.3 is 0 Å². The minimum atomic E-state index is -0.167. The molecule has 142 valence electrons. The Bertz CT molecular complexity index is 494. The summed E-state index contributed by atoms with van der Waals surface area (Å²) in [5, 5.41) is 6.61. The van der Waals surface area contributed by atoms with Gasteiger partial charge in [0.15, 0.2) is 5.96 Å². The number of nitrogens with zero attached hydrogens (tertiary/aromatic N) is 1. The molecular formula is C18H30IN3O3. The highest BCUT2D eigenvalue weighted by atomic mass is 127. The van der Waals surface area contributed by atoms with Crippen LogP contribution in [0.1, 0.15) is 18.4 Å². The van der Waals surface area contributed by atoms with Crippen molar-refractivity contribution in [2.45, 2.75) is 25.0 Å². The number of methoxy groups -OCH3 is 1. The first-order chi connectivity index (χ1) is 11.8. The van der Waals surface area contributed by atoms with Crippen LogP contribution in [0.4, 0.5) is 0 Å². The Morgan fingerprint density at radius 2 is 1.92 bits per heavy atom. The first kappa shape index (κ1) is 22.1. The van der Waals surface area contributed by atoms with Crippen molar-refractivity contribution in [3.63, 3.8) is 0 Å². The molecule has 1 saturated heterocycles. The monoisotopic (exact) mass is 463 g/mol. The molecule has 0 amide bonds. The molecular weight excluding hydrogens is 433 g/mol. The zero-order valence-corrected chi connectivity index (χ0v) is 17.5. The predicted molar refractivity (Wildman–Crippen MR) is 111 cm³/mol. The maximum absolute atomic E-state index is 5.72. The minimum Gasteiger partial charge on any atom is -0.381 e. The Hall–Kier alpha value is -0.900. The van der Waals surface area contributed by atoms with Crippen molar-refractivity contribution < 1.29 is 14.2 Å². The second-order valence-corrected chi connectivity index (χ2v) is 5.89. The highest BCUT2D eigenvalue weighted by molar-refractivity contribution is 14.0. The molecule has 0 atom stereocenters. The van der Waals surface area contributed by atoms with Gasteiger partial charge in [-0.2, -0.15) is 0 Å². The van der Waals surface area contributed by atoms with E-state index < -0.39 is 0 Å². The Balaban J connectivity index is 0.00000312. The molecule has 1 aliphatic rings. The van der Waals surface area contributed by atoms with E-state index in [-0.39, 0.29) is 29.6 Å². The molecule has 0 aliphatic carbocycles. The maximum atomic E-state index is 5.72. The lowest BCUT2D eigenvalue weighted by molar-refractivity contribution is -0.0855. The van der Waals surface area contributed by atoms with Gasteiger partial charge in [0.05, 0.1) is 18.8 Å². The molecule has 0 spiro atoms. The van der Waals surface area contributed by atoms with Crippen LogP contribution in [0.5, 0.6) is 0 Å². The summed E-state index contributed by atoms with van der Waals surface area (Å²) in [6, 6.07) is 10.2. The van der Waals surface area contributed by atoms with Crippen LogP contribution in [-0.2, 0) is 20.8 Å². The molecule has 0 bridgehead atoms. The van der Waals surface area contributed by atoms with Gasteiger partial charge in [0.2, 0.25) is 0 Å². The number of rotatable bonds is 8. The average Bonchev–Trinajstić information content (AvgIpc) is 2.65. The van der Waals surface area contributed by atoms with E-state index in [0.717, 1.165) is 38.6 Å². The highest BCUT2D eigenvalue weighted by Crippen LogP contribution is 2.23. The maximum Gasteiger partial charge on any atom is 0.191 e. The third kappa shape index (κ3) is 7.89. The number of ether oxygens (including phenoxy) is 3. The van der Waals surface area contributed by atoms with Crippen molar-refractivity contribution in [1.82, 2.24) is 10.6 Å². The van der Waals surface area contributed by atoms with Crippen LogP contribution in [0.15, 0.2) is 35.3 Å². The molecule has 1 fully saturated rings. The lowest BCUT2D eigenvalue weighted by Crippen LogP contribution is -2.51. The Labute approximate surface area is 167 Å². The number of guanidine groups is 1. The largest absolute Gasteiger partial charge is 0.381 e. The number of halogens is 1. The summed E-state index contributed by atoms with van der Waals surface area (Å²) in [7, 11) is 3.53. The molecule has 2 N–H and O–H groups in total. The zero-order valence-electron chi connectivity index (χ0n) is 15.1. The van der Waals surface area contributed by atoms with Gasteiger partial charge in [0.25, 0.3) is 0 Å². The van der Waals surface area contributed by atoms with Crippen molar-refractivity contribution in [3.8, 4) is 0 Å². The molecule has 1 aliphatic heterocycles. The first-order valence-electron chi connectivity index (χ1n) is 8.47. The van der Waals surface area contributed by atoms with E-state index in [0.29, 0.717) is 19.8 Å². The number of benzene rings is 1. The second kappa shape index (κ2) is 12.5. The van der Waals surface area contributed by atoms with E-state index in [1.165, 1.54) is 5.56 Å². The van der Waals surface area contributed by atoms with Crippen LogP contribution in [-0.4, -0.2) is 58.6 Å². The Morgan fingerprint density at radius 1 is 1.20 bits per heavy atom. The Morgan fingerprint density at radius 3 is 2.56 bits per heavy atom. The zero-order chi connectivity index (χ0) is 17.1. The van der Waals surface area contributed by atoms with Crippen LogP contribution in [0.2, 0.25) is 0 Å². The topological polar surface area (TPSA) is 64.1 Å². The van der Waals surface area contributed by atoms with Crippen LogP contribution in [0, 0.1) is 0 Å². The smallest absolute Gasteiger partial charge is 0.191 e. The third-order valence-electron chi connectivity index (χ3n) is 4.29. The molecule has 1 aromatic rings. The van der Waals surface area contributed by atoms with Crippen LogP contribution in [0.3, 0.4) is 0 Å². The van der Waals surface area contributed by atoms with Crippen molar-refractivity contribution in [2.75, 3.05) is 47.1 Å². The minimum absolute atomic E-state index is 0. The van der Waals surface area contributed by atoms with E-state index in [1.54, 1.807) is 14.2 Å². The number of hydrogen-bond acceptors (Lipinski definition) is 4. The summed E-state index contributed by atoms with van der Waals surface area (Å²) >= 11 is 0. The summed E-state index contributed by atoms with van der Waals surface area (Å²) < 4.78 is 16.8. The van der Waals surface area contributed by atoms with E-state index in [9.17, 15) is 0 Å². The van der Waals surface area contributed by atoms with E-state index in [2.05, 4.69) is 27.8 Å². The van der Waals surface area contributed by atoms with Gasteiger partial charge in [-0.15, -0.1) is 24.0 Å². The fraction of sp³-hybridized carbons (Fsp3) is 0.611. The molecule has 6 nitrogen and oxygen atoms in total. The van der Waals surface area contributed by atoms with Crippen LogP contribution in [0.25, 0.3) is 0 Å². The van der Waals surface area contributed by atoms with E-state index in [1.807, 2.05) is 18.2 Å². The lowest BCUT2D eigenvalue weighted by Gasteiger charge is -2.36. The van der Waals surface area contributed by atoms with Gasteiger partial charge in [0.1, 0.15) is 0 Å². The molecule has 25 heavy (non-hydrogen) atoms. The SMILES string of the molecule is CN=C(NCCOCc1ccccc1)NCC1(OC)CCOCC1.I. The predicted octanol–water partition coefficient (Wildman–Crippen LogP) is 2.18. The number of hydrogen-bond donors (Lipinski definition) is 2. The lowest BCUT2D eigenvalue weighted by atomic mass is 9.94. The van der Waals surface area contributed by atoms with Gasteiger partial charge in [-0.3, -0.25) is 4.99 Å². The van der Waals surface area contributed by atoms with Crippen molar-refractivity contribution in [3.05, 3.63) is 35.9 Å². The van der Waals surface area contributed by atoms with Gasteiger partial charge in [0, 0.05) is 53.3 Å². The summed E-state index contributed by atoms with van der Waals surface area (Å²) in [4.78, 5) is 4.25. The summed E-state index contributed by atoms with van der Waals surface area (Å²) in [5.74, 6) is 0.765. The summed E-state index contributed by atoms with van der Waals surface area (Å²) in [5.41, 5.74) is 1.02. The van der Waals surface area contributed by atoms with Crippen LogP contribution >= 0.6 is 24.0 Å². The molecule has 0 saturated carbocycles.